The lowest BCUT2D eigenvalue weighted by molar-refractivity contribution is -0.145. The van der Waals surface area contributed by atoms with Gasteiger partial charge in [-0.05, 0) is 50.1 Å². The van der Waals surface area contributed by atoms with Crippen molar-refractivity contribution in [1.29, 1.82) is 0 Å². The summed E-state index contributed by atoms with van der Waals surface area (Å²) in [6, 6.07) is 14.3. The minimum atomic E-state index is -3.69. The molecule has 1 amide bonds. The van der Waals surface area contributed by atoms with Crippen molar-refractivity contribution in [2.75, 3.05) is 19.7 Å². The lowest BCUT2D eigenvalue weighted by atomic mass is 10.0. The van der Waals surface area contributed by atoms with Crippen LogP contribution in [-0.2, 0) is 14.8 Å². The van der Waals surface area contributed by atoms with Crippen LogP contribution in [0.3, 0.4) is 0 Å². The molecule has 1 aliphatic rings. The normalized spacial score (nSPS) is 16.6. The minimum absolute atomic E-state index is 0.00890. The molecule has 8 nitrogen and oxygen atoms in total. The van der Waals surface area contributed by atoms with E-state index in [2.05, 4.69) is 5.32 Å². The highest BCUT2D eigenvalue weighted by atomic mass is 32.2. The number of rotatable bonds is 8. The molecule has 9 heteroatoms. The predicted molar refractivity (Wildman–Crippen MR) is 110 cm³/mol. The smallest absolute Gasteiger partial charge is 0.332 e. The van der Waals surface area contributed by atoms with Crippen LogP contribution in [0.15, 0.2) is 59.5 Å². The van der Waals surface area contributed by atoms with Gasteiger partial charge in [0.05, 0.1) is 4.90 Å². The topological polar surface area (TPSA) is 113 Å². The number of nitrogens with zero attached hydrogens (tertiary/aromatic N) is 1. The Morgan fingerprint density at radius 3 is 2.40 bits per heavy atom. The summed E-state index contributed by atoms with van der Waals surface area (Å²) in [7, 11) is -3.69. The largest absolute Gasteiger partial charge is 0.491 e. The van der Waals surface area contributed by atoms with E-state index in [1.807, 2.05) is 0 Å². The number of amides is 1. The number of carbonyl (C=O) groups excluding carboxylic acids is 1. The highest BCUT2D eigenvalue weighted by Crippen LogP contribution is 2.22. The second kappa shape index (κ2) is 8.85. The van der Waals surface area contributed by atoms with Crippen LogP contribution in [0.25, 0.3) is 0 Å². The third-order valence-electron chi connectivity index (χ3n) is 4.93. The van der Waals surface area contributed by atoms with Crippen molar-refractivity contribution in [3.8, 4) is 5.75 Å². The number of nitrogens with one attached hydrogen (secondary N) is 1. The molecule has 2 N–H and O–H groups in total. The van der Waals surface area contributed by atoms with E-state index in [9.17, 15) is 23.1 Å². The number of ether oxygens (including phenoxy) is 1. The van der Waals surface area contributed by atoms with Crippen molar-refractivity contribution < 1.29 is 27.9 Å². The van der Waals surface area contributed by atoms with Gasteiger partial charge < -0.3 is 15.2 Å². The molecule has 0 radical (unpaired) electrons. The molecule has 0 aliphatic carbocycles. The Kier molecular flexibility index (Phi) is 6.42. The van der Waals surface area contributed by atoms with Gasteiger partial charge in [-0.15, -0.1) is 0 Å². The molecular weight excluding hydrogens is 408 g/mol. The lowest BCUT2D eigenvalue weighted by Crippen LogP contribution is -2.56. The highest BCUT2D eigenvalue weighted by molar-refractivity contribution is 7.89. The van der Waals surface area contributed by atoms with Crippen molar-refractivity contribution in [2.45, 2.75) is 30.2 Å². The summed E-state index contributed by atoms with van der Waals surface area (Å²) >= 11 is 0. The van der Waals surface area contributed by atoms with Gasteiger partial charge in [-0.3, -0.25) is 4.79 Å². The zero-order valence-electron chi connectivity index (χ0n) is 16.6. The molecule has 0 bridgehead atoms. The first-order valence-electron chi connectivity index (χ1n) is 9.56. The number of carbonyl (C=O) groups is 2. The molecule has 0 saturated carbocycles. The molecular formula is C21H24N2O6S. The van der Waals surface area contributed by atoms with Gasteiger partial charge in [0.25, 0.3) is 5.91 Å². The molecule has 1 heterocycles. The van der Waals surface area contributed by atoms with E-state index in [0.29, 0.717) is 18.8 Å². The van der Waals surface area contributed by atoms with Crippen LogP contribution in [0.5, 0.6) is 5.75 Å². The fourth-order valence-electron chi connectivity index (χ4n) is 3.09. The molecule has 0 unspecified atom stereocenters. The van der Waals surface area contributed by atoms with Crippen LogP contribution in [0.1, 0.15) is 30.1 Å². The summed E-state index contributed by atoms with van der Waals surface area (Å²) < 4.78 is 32.4. The van der Waals surface area contributed by atoms with E-state index in [1.165, 1.54) is 35.5 Å². The van der Waals surface area contributed by atoms with Crippen molar-refractivity contribution in [1.82, 2.24) is 9.62 Å². The standard InChI is InChI=1S/C21H24N2O6S/c1-21(20(25)26,15-29-17-9-3-2-4-10-17)22-19(24)16-8-7-11-18(14-16)30(27,28)23-12-5-6-13-23/h2-4,7-11,14H,5-6,12-13,15H2,1H3,(H,22,24)(H,25,26)/t21-/m1/s1. The van der Waals surface area contributed by atoms with Gasteiger partial charge in [-0.2, -0.15) is 4.31 Å². The summed E-state index contributed by atoms with van der Waals surface area (Å²) in [5, 5.41) is 12.1. The van der Waals surface area contributed by atoms with Crippen LogP contribution < -0.4 is 10.1 Å². The number of hydrogen-bond donors (Lipinski definition) is 2. The molecule has 1 saturated heterocycles. The Balaban J connectivity index is 1.77. The van der Waals surface area contributed by atoms with Crippen LogP contribution in [0.4, 0.5) is 0 Å². The Bertz CT molecular complexity index is 1020. The maximum absolute atomic E-state index is 12.7. The van der Waals surface area contributed by atoms with E-state index in [-0.39, 0.29) is 17.1 Å². The highest BCUT2D eigenvalue weighted by Gasteiger charge is 2.37. The van der Waals surface area contributed by atoms with Gasteiger partial charge in [0, 0.05) is 18.7 Å². The molecule has 1 atom stereocenters. The zero-order chi connectivity index (χ0) is 21.8. The van der Waals surface area contributed by atoms with E-state index >= 15 is 0 Å². The Morgan fingerprint density at radius 2 is 1.77 bits per heavy atom. The summed E-state index contributed by atoms with van der Waals surface area (Å²) in [4.78, 5) is 24.6. The van der Waals surface area contributed by atoms with Crippen molar-refractivity contribution in [3.05, 3.63) is 60.2 Å². The molecule has 3 rings (SSSR count). The predicted octanol–water partition coefficient (Wildman–Crippen LogP) is 2.12. The summed E-state index contributed by atoms with van der Waals surface area (Å²) in [6.07, 6.45) is 1.61. The summed E-state index contributed by atoms with van der Waals surface area (Å²) in [5.41, 5.74) is -1.65. The van der Waals surface area contributed by atoms with Crippen molar-refractivity contribution in [2.24, 2.45) is 0 Å². The number of carboxylic acid groups (broad SMARTS) is 1. The van der Waals surface area contributed by atoms with Gasteiger partial charge in [0.2, 0.25) is 10.0 Å². The van der Waals surface area contributed by atoms with E-state index < -0.39 is 27.4 Å². The van der Waals surface area contributed by atoms with Gasteiger partial charge >= 0.3 is 5.97 Å². The van der Waals surface area contributed by atoms with Gasteiger partial charge in [0.1, 0.15) is 12.4 Å². The van der Waals surface area contributed by atoms with Gasteiger partial charge in [-0.25, -0.2) is 13.2 Å². The first-order valence-corrected chi connectivity index (χ1v) is 11.0. The maximum Gasteiger partial charge on any atom is 0.332 e. The Morgan fingerprint density at radius 1 is 1.10 bits per heavy atom. The Hall–Kier alpha value is -2.91. The van der Waals surface area contributed by atoms with Crippen LogP contribution >= 0.6 is 0 Å². The molecule has 1 aliphatic heterocycles. The second-order valence-electron chi connectivity index (χ2n) is 7.33. The number of sulfonamides is 1. The second-order valence-corrected chi connectivity index (χ2v) is 9.27. The number of hydrogen-bond acceptors (Lipinski definition) is 5. The molecule has 2 aromatic rings. The monoisotopic (exact) mass is 432 g/mol. The average Bonchev–Trinajstić information content (AvgIpc) is 3.29. The van der Waals surface area contributed by atoms with E-state index in [0.717, 1.165) is 12.8 Å². The SMILES string of the molecule is C[C@](COc1ccccc1)(NC(=O)c1cccc(S(=O)(=O)N2CCCC2)c1)C(=O)O. The van der Waals surface area contributed by atoms with E-state index in [1.54, 1.807) is 30.3 Å². The molecule has 2 aromatic carbocycles. The number of benzene rings is 2. The maximum atomic E-state index is 12.7. The third-order valence-corrected chi connectivity index (χ3v) is 6.83. The molecule has 30 heavy (non-hydrogen) atoms. The average molecular weight is 432 g/mol. The summed E-state index contributed by atoms with van der Waals surface area (Å²) in [5.74, 6) is -1.50. The molecule has 1 fully saturated rings. The van der Waals surface area contributed by atoms with Crippen LogP contribution in [0, 0.1) is 0 Å². The van der Waals surface area contributed by atoms with Crippen LogP contribution in [0.2, 0.25) is 0 Å². The summed E-state index contributed by atoms with van der Waals surface area (Å²) in [6.45, 7) is 1.93. The third kappa shape index (κ3) is 4.80. The lowest BCUT2D eigenvalue weighted by Gasteiger charge is -2.26. The number of aliphatic carboxylic acids is 1. The van der Waals surface area contributed by atoms with E-state index in [4.69, 9.17) is 4.74 Å². The number of carboxylic acids is 1. The van der Waals surface area contributed by atoms with Gasteiger partial charge in [-0.1, -0.05) is 24.3 Å². The fraction of sp³-hybridized carbons (Fsp3) is 0.333. The quantitative estimate of drug-likeness (QED) is 0.661. The van der Waals surface area contributed by atoms with Crippen molar-refractivity contribution >= 4 is 21.9 Å². The number of para-hydroxylation sites is 1. The van der Waals surface area contributed by atoms with Crippen LogP contribution in [-0.4, -0.2) is 54.9 Å². The van der Waals surface area contributed by atoms with Gasteiger partial charge in [0.15, 0.2) is 5.54 Å². The first-order chi connectivity index (χ1) is 14.2. The Labute approximate surface area is 175 Å². The molecule has 0 aromatic heterocycles. The van der Waals surface area contributed by atoms with Crippen molar-refractivity contribution in [3.63, 3.8) is 0 Å². The molecule has 160 valence electrons. The minimum Gasteiger partial charge on any atom is -0.491 e. The fourth-order valence-corrected chi connectivity index (χ4v) is 4.66. The molecule has 0 spiro atoms. The first kappa shape index (κ1) is 21.8. The zero-order valence-corrected chi connectivity index (χ0v) is 17.4.